The predicted octanol–water partition coefficient (Wildman–Crippen LogP) is 1.56. The van der Waals surface area contributed by atoms with Crippen molar-refractivity contribution in [1.82, 2.24) is 10.2 Å². The molecule has 0 aliphatic carbocycles. The minimum absolute atomic E-state index is 0.00542. The molecule has 1 unspecified atom stereocenters. The van der Waals surface area contributed by atoms with Crippen molar-refractivity contribution < 1.29 is 4.79 Å². The Morgan fingerprint density at radius 3 is 2.33 bits per heavy atom. The summed E-state index contributed by atoms with van der Waals surface area (Å²) >= 11 is 0. The third kappa shape index (κ3) is 3.70. The smallest absolute Gasteiger partial charge is 0.317 e. The van der Waals surface area contributed by atoms with Crippen LogP contribution in [-0.2, 0) is 0 Å². The van der Waals surface area contributed by atoms with Crippen molar-refractivity contribution in [2.24, 2.45) is 5.73 Å². The molecule has 0 saturated carbocycles. The van der Waals surface area contributed by atoms with E-state index < -0.39 is 0 Å². The van der Waals surface area contributed by atoms with Crippen LogP contribution >= 0.6 is 0 Å². The first-order valence-electron chi connectivity index (χ1n) is 5.81. The van der Waals surface area contributed by atoms with E-state index in [2.05, 4.69) is 19.2 Å². The number of urea groups is 1. The molecule has 0 saturated heterocycles. The minimum atomic E-state index is -0.227. The van der Waals surface area contributed by atoms with Gasteiger partial charge in [0.05, 0.1) is 5.54 Å². The molecule has 0 fully saturated rings. The number of nitrogens with two attached hydrogens (primary N) is 1. The van der Waals surface area contributed by atoms with Crippen molar-refractivity contribution in [3.8, 4) is 0 Å². The van der Waals surface area contributed by atoms with Crippen LogP contribution in [0.5, 0.6) is 0 Å². The van der Waals surface area contributed by atoms with E-state index in [1.807, 2.05) is 18.7 Å². The molecule has 0 radical (unpaired) electrons. The van der Waals surface area contributed by atoms with Gasteiger partial charge in [-0.2, -0.15) is 0 Å². The standard InChI is InChI=1S/C11H25N3O/c1-5-8-14(10(15)13-7-3)11(4,6-2)9-12/h5-9,12H2,1-4H3,(H,13,15). The lowest BCUT2D eigenvalue weighted by Gasteiger charge is -2.40. The second-order valence-electron chi connectivity index (χ2n) is 4.04. The Kier molecular flexibility index (Phi) is 6.32. The Bertz CT molecular complexity index is 190. The summed E-state index contributed by atoms with van der Waals surface area (Å²) in [5, 5.41) is 2.84. The normalized spacial score (nSPS) is 14.5. The molecule has 3 N–H and O–H groups in total. The van der Waals surface area contributed by atoms with Crippen LogP contribution in [0, 0.1) is 0 Å². The molecule has 4 heteroatoms. The molecular formula is C11H25N3O. The van der Waals surface area contributed by atoms with Gasteiger partial charge in [0.2, 0.25) is 0 Å². The summed E-state index contributed by atoms with van der Waals surface area (Å²) in [7, 11) is 0. The zero-order valence-corrected chi connectivity index (χ0v) is 10.5. The highest BCUT2D eigenvalue weighted by atomic mass is 16.2. The van der Waals surface area contributed by atoms with Gasteiger partial charge in [0.15, 0.2) is 0 Å². The van der Waals surface area contributed by atoms with E-state index in [0.29, 0.717) is 13.1 Å². The van der Waals surface area contributed by atoms with Crippen LogP contribution in [0.1, 0.15) is 40.5 Å². The number of carbonyl (C=O) groups is 1. The highest BCUT2D eigenvalue weighted by Gasteiger charge is 2.31. The van der Waals surface area contributed by atoms with Gasteiger partial charge in [0.1, 0.15) is 0 Å². The van der Waals surface area contributed by atoms with E-state index in [1.165, 1.54) is 0 Å². The first-order chi connectivity index (χ1) is 7.05. The van der Waals surface area contributed by atoms with Crippen LogP contribution in [0.3, 0.4) is 0 Å². The van der Waals surface area contributed by atoms with Gasteiger partial charge in [0.25, 0.3) is 0 Å². The fourth-order valence-electron chi connectivity index (χ4n) is 1.53. The Balaban J connectivity index is 4.68. The molecule has 0 aliphatic heterocycles. The van der Waals surface area contributed by atoms with Crippen molar-refractivity contribution in [3.63, 3.8) is 0 Å². The average molecular weight is 215 g/mol. The van der Waals surface area contributed by atoms with E-state index in [1.54, 1.807) is 0 Å². The lowest BCUT2D eigenvalue weighted by Crippen LogP contribution is -2.57. The van der Waals surface area contributed by atoms with E-state index in [-0.39, 0.29) is 11.6 Å². The molecule has 15 heavy (non-hydrogen) atoms. The SMILES string of the molecule is CCCN(C(=O)NCC)C(C)(CC)CN. The zero-order chi connectivity index (χ0) is 11.9. The number of nitrogens with zero attached hydrogens (tertiary/aromatic N) is 1. The molecule has 0 aliphatic rings. The summed E-state index contributed by atoms with van der Waals surface area (Å²) in [6.45, 7) is 10.0. The summed E-state index contributed by atoms with van der Waals surface area (Å²) in [4.78, 5) is 13.7. The number of hydrogen-bond donors (Lipinski definition) is 2. The lowest BCUT2D eigenvalue weighted by molar-refractivity contribution is 0.125. The van der Waals surface area contributed by atoms with E-state index in [0.717, 1.165) is 19.4 Å². The largest absolute Gasteiger partial charge is 0.338 e. The molecule has 0 bridgehead atoms. The monoisotopic (exact) mass is 215 g/mol. The molecule has 0 spiro atoms. The van der Waals surface area contributed by atoms with Crippen molar-refractivity contribution in [2.75, 3.05) is 19.6 Å². The van der Waals surface area contributed by atoms with Gasteiger partial charge in [-0.25, -0.2) is 4.79 Å². The van der Waals surface area contributed by atoms with Crippen molar-refractivity contribution in [3.05, 3.63) is 0 Å². The predicted molar refractivity (Wildman–Crippen MR) is 63.8 cm³/mol. The van der Waals surface area contributed by atoms with Gasteiger partial charge in [-0.1, -0.05) is 13.8 Å². The Morgan fingerprint density at radius 1 is 1.40 bits per heavy atom. The van der Waals surface area contributed by atoms with Gasteiger partial charge < -0.3 is 16.0 Å². The van der Waals surface area contributed by atoms with E-state index >= 15 is 0 Å². The number of rotatable bonds is 6. The quantitative estimate of drug-likeness (QED) is 0.706. The van der Waals surface area contributed by atoms with Crippen LogP contribution in [-0.4, -0.2) is 36.1 Å². The lowest BCUT2D eigenvalue weighted by atomic mass is 9.96. The fourth-order valence-corrected chi connectivity index (χ4v) is 1.53. The van der Waals surface area contributed by atoms with Crippen LogP contribution in [0.25, 0.3) is 0 Å². The molecule has 0 aromatic rings. The summed E-state index contributed by atoms with van der Waals surface area (Å²) in [5.41, 5.74) is 5.53. The maximum atomic E-state index is 11.9. The number of hydrogen-bond acceptors (Lipinski definition) is 2. The molecule has 1 atom stereocenters. The maximum absolute atomic E-state index is 11.9. The molecule has 0 aromatic heterocycles. The first kappa shape index (κ1) is 14.2. The second-order valence-corrected chi connectivity index (χ2v) is 4.04. The first-order valence-corrected chi connectivity index (χ1v) is 5.81. The van der Waals surface area contributed by atoms with Crippen molar-refractivity contribution in [1.29, 1.82) is 0 Å². The summed E-state index contributed by atoms with van der Waals surface area (Å²) in [6.07, 6.45) is 1.83. The van der Waals surface area contributed by atoms with Gasteiger partial charge in [-0.3, -0.25) is 0 Å². The summed E-state index contributed by atoms with van der Waals surface area (Å²) in [6, 6.07) is -0.00542. The number of amides is 2. The highest BCUT2D eigenvalue weighted by Crippen LogP contribution is 2.18. The number of nitrogens with one attached hydrogen (secondary N) is 1. The van der Waals surface area contributed by atoms with Crippen molar-refractivity contribution in [2.45, 2.75) is 46.1 Å². The summed E-state index contributed by atoms with van der Waals surface area (Å²) < 4.78 is 0. The Morgan fingerprint density at radius 2 is 2.00 bits per heavy atom. The fraction of sp³-hybridized carbons (Fsp3) is 0.909. The topological polar surface area (TPSA) is 58.4 Å². The van der Waals surface area contributed by atoms with Crippen LogP contribution < -0.4 is 11.1 Å². The molecular weight excluding hydrogens is 190 g/mol. The number of carbonyl (C=O) groups excluding carboxylic acids is 1. The molecule has 0 aromatic carbocycles. The van der Waals surface area contributed by atoms with Gasteiger partial charge in [-0.15, -0.1) is 0 Å². The van der Waals surface area contributed by atoms with Crippen LogP contribution in [0.2, 0.25) is 0 Å². The van der Waals surface area contributed by atoms with Gasteiger partial charge in [0, 0.05) is 19.6 Å². The van der Waals surface area contributed by atoms with Gasteiger partial charge in [-0.05, 0) is 26.7 Å². The molecule has 2 amide bonds. The Hall–Kier alpha value is -0.770. The Labute approximate surface area is 93.2 Å². The van der Waals surface area contributed by atoms with Gasteiger partial charge >= 0.3 is 6.03 Å². The third-order valence-corrected chi connectivity index (χ3v) is 2.87. The zero-order valence-electron chi connectivity index (χ0n) is 10.5. The second kappa shape index (κ2) is 6.67. The molecule has 4 nitrogen and oxygen atoms in total. The van der Waals surface area contributed by atoms with Crippen LogP contribution in [0.15, 0.2) is 0 Å². The third-order valence-electron chi connectivity index (χ3n) is 2.87. The molecule has 90 valence electrons. The molecule has 0 rings (SSSR count). The summed E-state index contributed by atoms with van der Waals surface area (Å²) in [5.74, 6) is 0. The van der Waals surface area contributed by atoms with Crippen LogP contribution in [0.4, 0.5) is 4.79 Å². The van der Waals surface area contributed by atoms with E-state index in [9.17, 15) is 4.79 Å². The highest BCUT2D eigenvalue weighted by molar-refractivity contribution is 5.75. The maximum Gasteiger partial charge on any atom is 0.317 e. The van der Waals surface area contributed by atoms with E-state index in [4.69, 9.17) is 5.73 Å². The minimum Gasteiger partial charge on any atom is -0.338 e. The molecule has 0 heterocycles. The van der Waals surface area contributed by atoms with Crippen molar-refractivity contribution >= 4 is 6.03 Å². The average Bonchev–Trinajstić information content (AvgIpc) is 2.25.